The van der Waals surface area contributed by atoms with E-state index < -0.39 is 12.6 Å². The van der Waals surface area contributed by atoms with Crippen molar-refractivity contribution in [3.8, 4) is 16.9 Å². The van der Waals surface area contributed by atoms with Gasteiger partial charge in [0.25, 0.3) is 0 Å². The van der Waals surface area contributed by atoms with Gasteiger partial charge in [0, 0.05) is 5.39 Å². The van der Waals surface area contributed by atoms with Gasteiger partial charge in [0.1, 0.15) is 5.75 Å². The molecule has 21 heavy (non-hydrogen) atoms. The van der Waals surface area contributed by atoms with Gasteiger partial charge >= 0.3 is 6.18 Å². The molecule has 108 valence electrons. The van der Waals surface area contributed by atoms with Crippen LogP contribution in [0.1, 0.15) is 5.56 Å². The number of halogens is 3. The fourth-order valence-corrected chi connectivity index (χ4v) is 2.33. The lowest BCUT2D eigenvalue weighted by molar-refractivity contribution is -0.127. The lowest BCUT2D eigenvalue weighted by Crippen LogP contribution is -2.12. The maximum absolute atomic E-state index is 12.7. The number of nitrogens with zero attached hydrogens (tertiary/aromatic N) is 1. The number of hydrogen-bond acceptors (Lipinski definition) is 2. The van der Waals surface area contributed by atoms with Crippen molar-refractivity contribution in [2.45, 2.75) is 12.6 Å². The van der Waals surface area contributed by atoms with Gasteiger partial charge in [-0.3, -0.25) is 5.10 Å². The Kier molecular flexibility index (Phi) is 3.08. The second kappa shape index (κ2) is 4.80. The predicted octanol–water partition coefficient (Wildman–Crippen LogP) is 4.04. The van der Waals surface area contributed by atoms with E-state index in [0.717, 1.165) is 17.0 Å². The average molecular weight is 292 g/mol. The van der Waals surface area contributed by atoms with Crippen LogP contribution in [-0.2, 0) is 6.42 Å². The van der Waals surface area contributed by atoms with Crippen LogP contribution in [0.15, 0.2) is 42.6 Å². The Morgan fingerprint density at radius 3 is 2.67 bits per heavy atom. The number of aromatic amines is 1. The summed E-state index contributed by atoms with van der Waals surface area (Å²) >= 11 is 0. The quantitative estimate of drug-likeness (QED) is 0.749. The van der Waals surface area contributed by atoms with Crippen molar-refractivity contribution >= 4 is 10.9 Å². The molecule has 1 aromatic heterocycles. The van der Waals surface area contributed by atoms with Crippen LogP contribution in [0.25, 0.3) is 22.0 Å². The van der Waals surface area contributed by atoms with Crippen molar-refractivity contribution in [2.75, 3.05) is 0 Å². The Morgan fingerprint density at radius 1 is 1.10 bits per heavy atom. The highest BCUT2D eigenvalue weighted by atomic mass is 19.4. The fourth-order valence-electron chi connectivity index (χ4n) is 2.33. The number of phenols is 1. The van der Waals surface area contributed by atoms with E-state index in [1.807, 2.05) is 0 Å². The summed E-state index contributed by atoms with van der Waals surface area (Å²) in [7, 11) is 0. The monoisotopic (exact) mass is 292 g/mol. The standard InChI is InChI=1S/C15H11F3N2O/c16-15(17,18)7-11-5-12(21)3-4-13(11)9-1-2-10-8-19-20-14(10)6-9/h1-6,8,21H,7H2,(H,19,20). The Balaban J connectivity index is 2.12. The van der Waals surface area contributed by atoms with Crippen molar-refractivity contribution in [3.63, 3.8) is 0 Å². The molecule has 2 aromatic carbocycles. The minimum absolute atomic E-state index is 0.0429. The first-order valence-corrected chi connectivity index (χ1v) is 6.24. The van der Waals surface area contributed by atoms with E-state index in [1.54, 1.807) is 24.4 Å². The summed E-state index contributed by atoms with van der Waals surface area (Å²) in [6.45, 7) is 0. The lowest BCUT2D eigenvalue weighted by Gasteiger charge is -2.12. The Bertz CT molecular complexity index is 793. The molecule has 0 saturated carbocycles. The summed E-state index contributed by atoms with van der Waals surface area (Å²) in [5, 5.41) is 17.0. The number of phenolic OH excluding ortho intramolecular Hbond substituents is 1. The number of rotatable bonds is 2. The molecule has 0 fully saturated rings. The molecule has 3 nitrogen and oxygen atoms in total. The number of hydrogen-bond donors (Lipinski definition) is 2. The van der Waals surface area contributed by atoms with E-state index in [4.69, 9.17) is 0 Å². The molecular formula is C15H11F3N2O. The van der Waals surface area contributed by atoms with Crippen LogP contribution in [0, 0.1) is 0 Å². The largest absolute Gasteiger partial charge is 0.508 e. The molecule has 0 amide bonds. The van der Waals surface area contributed by atoms with Gasteiger partial charge in [-0.05, 0) is 34.9 Å². The third-order valence-corrected chi connectivity index (χ3v) is 3.23. The SMILES string of the molecule is Oc1ccc(-c2ccc3cn[nH]c3c2)c(CC(F)(F)F)c1. The number of alkyl halides is 3. The molecule has 0 aliphatic carbocycles. The summed E-state index contributed by atoms with van der Waals surface area (Å²) in [4.78, 5) is 0. The number of benzene rings is 2. The Morgan fingerprint density at radius 2 is 1.90 bits per heavy atom. The highest BCUT2D eigenvalue weighted by Gasteiger charge is 2.29. The van der Waals surface area contributed by atoms with Crippen LogP contribution < -0.4 is 0 Å². The van der Waals surface area contributed by atoms with E-state index in [1.165, 1.54) is 12.1 Å². The van der Waals surface area contributed by atoms with E-state index >= 15 is 0 Å². The van der Waals surface area contributed by atoms with Crippen molar-refractivity contribution in [3.05, 3.63) is 48.2 Å². The molecule has 0 aliphatic heterocycles. The summed E-state index contributed by atoms with van der Waals surface area (Å²) in [6, 6.07) is 9.30. The number of fused-ring (bicyclic) bond motifs is 1. The van der Waals surface area contributed by atoms with Crippen LogP contribution in [-0.4, -0.2) is 21.5 Å². The first-order chi connectivity index (χ1) is 9.92. The van der Waals surface area contributed by atoms with Gasteiger partial charge in [-0.15, -0.1) is 0 Å². The van der Waals surface area contributed by atoms with Crippen LogP contribution in [0.3, 0.4) is 0 Å². The van der Waals surface area contributed by atoms with Gasteiger partial charge < -0.3 is 5.11 Å². The van der Waals surface area contributed by atoms with Crippen molar-refractivity contribution < 1.29 is 18.3 Å². The molecule has 0 bridgehead atoms. The van der Waals surface area contributed by atoms with Crippen molar-refractivity contribution in [1.29, 1.82) is 0 Å². The first-order valence-electron chi connectivity index (χ1n) is 6.24. The summed E-state index contributed by atoms with van der Waals surface area (Å²) < 4.78 is 38.0. The molecule has 3 aromatic rings. The fraction of sp³-hybridized carbons (Fsp3) is 0.133. The first kappa shape index (κ1) is 13.5. The molecule has 0 saturated heterocycles. The van der Waals surface area contributed by atoms with Crippen LogP contribution in [0.5, 0.6) is 5.75 Å². The molecule has 0 spiro atoms. The molecule has 3 rings (SSSR count). The van der Waals surface area contributed by atoms with Gasteiger partial charge in [-0.25, -0.2) is 0 Å². The van der Waals surface area contributed by atoms with E-state index in [0.29, 0.717) is 11.1 Å². The zero-order chi connectivity index (χ0) is 15.0. The zero-order valence-corrected chi connectivity index (χ0v) is 10.8. The summed E-state index contributed by atoms with van der Waals surface area (Å²) in [6.07, 6.45) is -3.77. The van der Waals surface area contributed by atoms with Crippen LogP contribution in [0.4, 0.5) is 13.2 Å². The molecule has 2 N–H and O–H groups in total. The van der Waals surface area contributed by atoms with Crippen LogP contribution >= 0.6 is 0 Å². The third kappa shape index (κ3) is 2.84. The normalized spacial score (nSPS) is 12.0. The molecule has 6 heteroatoms. The average Bonchev–Trinajstić information content (AvgIpc) is 2.84. The van der Waals surface area contributed by atoms with Crippen molar-refractivity contribution in [1.82, 2.24) is 10.2 Å². The number of nitrogens with one attached hydrogen (secondary N) is 1. The summed E-state index contributed by atoms with van der Waals surface area (Å²) in [5.41, 5.74) is 1.88. The maximum Gasteiger partial charge on any atom is 0.393 e. The molecule has 1 heterocycles. The maximum atomic E-state index is 12.7. The minimum Gasteiger partial charge on any atom is -0.508 e. The van der Waals surface area contributed by atoms with Gasteiger partial charge in [-0.1, -0.05) is 18.2 Å². The van der Waals surface area contributed by atoms with Gasteiger partial charge in [0.2, 0.25) is 0 Å². The molecule has 0 radical (unpaired) electrons. The number of H-pyrrole nitrogens is 1. The zero-order valence-electron chi connectivity index (χ0n) is 10.8. The van der Waals surface area contributed by atoms with Crippen molar-refractivity contribution in [2.24, 2.45) is 0 Å². The third-order valence-electron chi connectivity index (χ3n) is 3.23. The lowest BCUT2D eigenvalue weighted by atomic mass is 9.96. The van der Waals surface area contributed by atoms with E-state index in [-0.39, 0.29) is 11.3 Å². The summed E-state index contributed by atoms with van der Waals surface area (Å²) in [5.74, 6) is -0.180. The predicted molar refractivity (Wildman–Crippen MR) is 73.0 cm³/mol. The van der Waals surface area contributed by atoms with E-state index in [9.17, 15) is 18.3 Å². The second-order valence-corrected chi connectivity index (χ2v) is 4.81. The topological polar surface area (TPSA) is 48.9 Å². The van der Waals surface area contributed by atoms with Gasteiger partial charge in [-0.2, -0.15) is 18.3 Å². The van der Waals surface area contributed by atoms with Gasteiger partial charge in [0.15, 0.2) is 0 Å². The molecule has 0 aliphatic rings. The molecule has 0 atom stereocenters. The number of aromatic nitrogens is 2. The highest BCUT2D eigenvalue weighted by Crippen LogP contribution is 2.33. The second-order valence-electron chi connectivity index (χ2n) is 4.81. The Labute approximate surface area is 118 Å². The smallest absolute Gasteiger partial charge is 0.393 e. The number of aromatic hydroxyl groups is 1. The molecule has 0 unspecified atom stereocenters. The molecular weight excluding hydrogens is 281 g/mol. The Hall–Kier alpha value is -2.50. The highest BCUT2D eigenvalue weighted by molar-refractivity contribution is 5.84. The minimum atomic E-state index is -4.33. The van der Waals surface area contributed by atoms with Gasteiger partial charge in [0.05, 0.1) is 18.1 Å². The van der Waals surface area contributed by atoms with E-state index in [2.05, 4.69) is 10.2 Å². The van der Waals surface area contributed by atoms with Crippen LogP contribution in [0.2, 0.25) is 0 Å².